The molecule has 0 spiro atoms. The number of rotatable bonds is 2. The lowest BCUT2D eigenvalue weighted by Crippen LogP contribution is -2.38. The van der Waals surface area contributed by atoms with E-state index < -0.39 is 0 Å². The molecule has 0 aliphatic heterocycles. The molecule has 0 radical (unpaired) electrons. The summed E-state index contributed by atoms with van der Waals surface area (Å²) in [6.07, 6.45) is 2.28. The molecule has 24 heavy (non-hydrogen) atoms. The Hall–Kier alpha value is -2.69. The molecule has 0 bridgehead atoms. The van der Waals surface area contributed by atoms with Crippen molar-refractivity contribution in [2.24, 2.45) is 0 Å². The second-order valence-electron chi connectivity index (χ2n) is 6.19. The summed E-state index contributed by atoms with van der Waals surface area (Å²) in [7, 11) is 0. The minimum absolute atomic E-state index is 0.0164. The third-order valence-electron chi connectivity index (χ3n) is 4.59. The van der Waals surface area contributed by atoms with Gasteiger partial charge in [-0.15, -0.1) is 0 Å². The molecule has 0 saturated heterocycles. The molecule has 122 valence electrons. The summed E-state index contributed by atoms with van der Waals surface area (Å²) in [5.41, 5.74) is 3.54. The zero-order chi connectivity index (χ0) is 16.7. The molecule has 0 fully saturated rings. The number of aryl methyl sites for hydroxylation is 1. The maximum absolute atomic E-state index is 13.5. The van der Waals surface area contributed by atoms with Crippen molar-refractivity contribution in [1.82, 2.24) is 10.3 Å². The van der Waals surface area contributed by atoms with Gasteiger partial charge in [-0.1, -0.05) is 0 Å². The van der Waals surface area contributed by atoms with Gasteiger partial charge < -0.3 is 10.3 Å². The first-order chi connectivity index (χ1) is 11.6. The molecule has 2 N–H and O–H groups in total. The summed E-state index contributed by atoms with van der Waals surface area (Å²) in [6, 6.07) is 10.2. The molecule has 1 amide bonds. The van der Waals surface area contributed by atoms with Gasteiger partial charge in [0.1, 0.15) is 11.6 Å². The smallest absolute Gasteiger partial charge is 0.251 e. The Labute approximate surface area is 137 Å². The Morgan fingerprint density at radius 3 is 2.62 bits per heavy atom. The van der Waals surface area contributed by atoms with Crippen LogP contribution in [-0.2, 0) is 12.8 Å². The van der Waals surface area contributed by atoms with E-state index in [0.717, 1.165) is 35.0 Å². The number of hydrogen-bond acceptors (Lipinski definition) is 1. The van der Waals surface area contributed by atoms with E-state index in [1.807, 2.05) is 0 Å². The number of carbonyl (C=O) groups excluding carboxylic acids is 1. The van der Waals surface area contributed by atoms with Gasteiger partial charge in [0.25, 0.3) is 5.91 Å². The number of nitrogens with one attached hydrogen (secondary N) is 2. The highest BCUT2D eigenvalue weighted by Crippen LogP contribution is 2.29. The number of amides is 1. The highest BCUT2D eigenvalue weighted by Gasteiger charge is 2.24. The van der Waals surface area contributed by atoms with Crippen LogP contribution in [0, 0.1) is 11.6 Å². The number of aromatic nitrogens is 1. The number of fused-ring (bicyclic) bond motifs is 3. The number of halogens is 2. The van der Waals surface area contributed by atoms with Gasteiger partial charge >= 0.3 is 0 Å². The molecule has 3 nitrogen and oxygen atoms in total. The van der Waals surface area contributed by atoms with Crippen LogP contribution in [0.3, 0.4) is 0 Å². The largest absolute Gasteiger partial charge is 0.358 e. The zero-order valence-corrected chi connectivity index (χ0v) is 12.9. The predicted molar refractivity (Wildman–Crippen MR) is 87.9 cm³/mol. The number of aromatic amines is 1. The van der Waals surface area contributed by atoms with Gasteiger partial charge in [-0.25, -0.2) is 8.78 Å². The first kappa shape index (κ1) is 14.9. The Bertz CT molecular complexity index is 915. The van der Waals surface area contributed by atoms with E-state index in [-0.39, 0.29) is 23.6 Å². The maximum Gasteiger partial charge on any atom is 0.251 e. The van der Waals surface area contributed by atoms with E-state index >= 15 is 0 Å². The van der Waals surface area contributed by atoms with Gasteiger partial charge in [0.2, 0.25) is 0 Å². The fraction of sp³-hybridized carbons (Fsp3) is 0.211. The highest BCUT2D eigenvalue weighted by atomic mass is 19.1. The molecule has 1 unspecified atom stereocenters. The standard InChI is InChI=1S/C19H16F2N2O/c20-12-3-1-11(2-4-12)19(24)22-14-6-8-18-16(10-14)15-9-13(21)5-7-17(15)23-18/h1-5,7,9,14,23H,6,8,10H2,(H,22,24). The molecule has 4 rings (SSSR count). The summed E-state index contributed by atoms with van der Waals surface area (Å²) in [4.78, 5) is 15.6. The molecule has 0 saturated carbocycles. The van der Waals surface area contributed by atoms with Crippen molar-refractivity contribution in [3.63, 3.8) is 0 Å². The molecule has 2 aromatic carbocycles. The van der Waals surface area contributed by atoms with Crippen LogP contribution in [0.25, 0.3) is 10.9 Å². The van der Waals surface area contributed by atoms with Crippen molar-refractivity contribution >= 4 is 16.8 Å². The zero-order valence-electron chi connectivity index (χ0n) is 12.9. The van der Waals surface area contributed by atoms with Crippen LogP contribution in [-0.4, -0.2) is 16.9 Å². The predicted octanol–water partition coefficient (Wildman–Crippen LogP) is 3.73. The Morgan fingerprint density at radius 2 is 1.83 bits per heavy atom. The Balaban J connectivity index is 1.55. The second-order valence-corrected chi connectivity index (χ2v) is 6.19. The van der Waals surface area contributed by atoms with Crippen LogP contribution >= 0.6 is 0 Å². The van der Waals surface area contributed by atoms with Gasteiger partial charge in [0.15, 0.2) is 0 Å². The minimum atomic E-state index is -0.366. The molecule has 1 atom stereocenters. The summed E-state index contributed by atoms with van der Waals surface area (Å²) in [6.45, 7) is 0. The lowest BCUT2D eigenvalue weighted by Gasteiger charge is -2.23. The summed E-state index contributed by atoms with van der Waals surface area (Å²) in [5.74, 6) is -0.842. The topological polar surface area (TPSA) is 44.9 Å². The SMILES string of the molecule is O=C(NC1CCc2[nH]c3ccc(F)cc3c2C1)c1ccc(F)cc1. The van der Waals surface area contributed by atoms with E-state index in [4.69, 9.17) is 0 Å². The van der Waals surface area contributed by atoms with Crippen molar-refractivity contribution in [1.29, 1.82) is 0 Å². The van der Waals surface area contributed by atoms with Gasteiger partial charge in [-0.05, 0) is 67.3 Å². The van der Waals surface area contributed by atoms with Crippen molar-refractivity contribution in [2.45, 2.75) is 25.3 Å². The monoisotopic (exact) mass is 326 g/mol. The number of benzene rings is 2. The second kappa shape index (κ2) is 5.74. The van der Waals surface area contributed by atoms with Crippen LogP contribution in [0.5, 0.6) is 0 Å². The third-order valence-corrected chi connectivity index (χ3v) is 4.59. The fourth-order valence-corrected chi connectivity index (χ4v) is 3.38. The highest BCUT2D eigenvalue weighted by molar-refractivity contribution is 5.94. The van der Waals surface area contributed by atoms with E-state index in [0.29, 0.717) is 12.0 Å². The number of H-pyrrole nitrogens is 1. The molecule has 5 heteroatoms. The van der Waals surface area contributed by atoms with Crippen LogP contribution < -0.4 is 5.32 Å². The van der Waals surface area contributed by atoms with E-state index in [9.17, 15) is 13.6 Å². The minimum Gasteiger partial charge on any atom is -0.358 e. The summed E-state index contributed by atoms with van der Waals surface area (Å²) >= 11 is 0. The summed E-state index contributed by atoms with van der Waals surface area (Å²) in [5, 5.41) is 3.88. The third kappa shape index (κ3) is 2.66. The number of hydrogen-bond donors (Lipinski definition) is 2. The van der Waals surface area contributed by atoms with Crippen LogP contribution in [0.15, 0.2) is 42.5 Å². The lowest BCUT2D eigenvalue weighted by molar-refractivity contribution is 0.0933. The quantitative estimate of drug-likeness (QED) is 0.740. The van der Waals surface area contributed by atoms with E-state index in [1.165, 1.54) is 36.4 Å². The van der Waals surface area contributed by atoms with Crippen LogP contribution in [0.4, 0.5) is 8.78 Å². The molecule has 1 aliphatic rings. The van der Waals surface area contributed by atoms with Crippen LogP contribution in [0.2, 0.25) is 0 Å². The average Bonchev–Trinajstić information content (AvgIpc) is 2.93. The number of carbonyl (C=O) groups is 1. The molecular formula is C19H16F2N2O. The Kier molecular flexibility index (Phi) is 3.56. The average molecular weight is 326 g/mol. The summed E-state index contributed by atoms with van der Waals surface area (Å²) < 4.78 is 26.5. The van der Waals surface area contributed by atoms with Gasteiger partial charge in [0.05, 0.1) is 0 Å². The Morgan fingerprint density at radius 1 is 1.08 bits per heavy atom. The molecule has 1 heterocycles. The van der Waals surface area contributed by atoms with Crippen molar-refractivity contribution in [3.8, 4) is 0 Å². The molecular weight excluding hydrogens is 310 g/mol. The van der Waals surface area contributed by atoms with Gasteiger partial charge in [0, 0.05) is 28.2 Å². The van der Waals surface area contributed by atoms with E-state index in [1.54, 1.807) is 6.07 Å². The lowest BCUT2D eigenvalue weighted by atomic mass is 9.91. The molecule has 3 aromatic rings. The molecule has 1 aromatic heterocycles. The van der Waals surface area contributed by atoms with Crippen molar-refractivity contribution < 1.29 is 13.6 Å². The maximum atomic E-state index is 13.5. The van der Waals surface area contributed by atoms with Gasteiger partial charge in [-0.3, -0.25) is 4.79 Å². The first-order valence-electron chi connectivity index (χ1n) is 7.95. The van der Waals surface area contributed by atoms with Crippen LogP contribution in [0.1, 0.15) is 28.0 Å². The van der Waals surface area contributed by atoms with E-state index in [2.05, 4.69) is 10.3 Å². The normalized spacial score (nSPS) is 16.8. The fourth-order valence-electron chi connectivity index (χ4n) is 3.38. The van der Waals surface area contributed by atoms with Crippen molar-refractivity contribution in [2.75, 3.05) is 0 Å². The first-order valence-corrected chi connectivity index (χ1v) is 7.95. The van der Waals surface area contributed by atoms with Crippen molar-refractivity contribution in [3.05, 3.63) is 70.9 Å². The van der Waals surface area contributed by atoms with Gasteiger partial charge in [-0.2, -0.15) is 0 Å². The molecule has 1 aliphatic carbocycles.